The zero-order chi connectivity index (χ0) is 23.9. The summed E-state index contributed by atoms with van der Waals surface area (Å²) >= 11 is 2.87. The molecule has 0 atom stereocenters. The van der Waals surface area contributed by atoms with Crippen molar-refractivity contribution in [2.75, 3.05) is 5.75 Å². The molecule has 0 radical (unpaired) electrons. The highest BCUT2D eigenvalue weighted by Crippen LogP contribution is 2.29. The Morgan fingerprint density at radius 1 is 1.09 bits per heavy atom. The summed E-state index contributed by atoms with van der Waals surface area (Å²) in [6.07, 6.45) is 1.45. The number of nitrogens with one attached hydrogen (secondary N) is 1. The minimum Gasteiger partial charge on any atom is -0.423 e. The molecule has 1 heterocycles. The molecule has 4 aromatic rings. The fraction of sp³-hybridized carbons (Fsp3) is 0.0435. The normalized spacial score (nSPS) is 10.9. The van der Waals surface area contributed by atoms with E-state index in [0.29, 0.717) is 5.56 Å². The molecule has 0 fully saturated rings. The first kappa shape index (κ1) is 23.1. The lowest BCUT2D eigenvalue weighted by Gasteiger charge is -2.05. The highest BCUT2D eigenvalue weighted by Gasteiger charge is 2.21. The van der Waals surface area contributed by atoms with Gasteiger partial charge in [0, 0.05) is 6.07 Å². The third-order valence-electron chi connectivity index (χ3n) is 4.42. The summed E-state index contributed by atoms with van der Waals surface area (Å²) in [7, 11) is 0. The number of amides is 1. The number of hydrogen-bond donors (Lipinski definition) is 1. The van der Waals surface area contributed by atoms with Crippen molar-refractivity contribution < 1.29 is 19.2 Å². The van der Waals surface area contributed by atoms with Crippen LogP contribution in [-0.4, -0.2) is 33.8 Å². The number of esters is 1. The lowest BCUT2D eigenvalue weighted by molar-refractivity contribution is -0.385. The summed E-state index contributed by atoms with van der Waals surface area (Å²) < 4.78 is 7.10. The van der Waals surface area contributed by atoms with Crippen LogP contribution in [0.5, 0.6) is 5.75 Å². The summed E-state index contributed by atoms with van der Waals surface area (Å²) in [4.78, 5) is 39.2. The lowest BCUT2D eigenvalue weighted by Crippen LogP contribution is -2.19. The number of nitro groups is 1. The van der Waals surface area contributed by atoms with E-state index in [2.05, 4.69) is 15.5 Å². The van der Waals surface area contributed by atoms with Crippen LogP contribution in [0.4, 0.5) is 5.69 Å². The number of rotatable bonds is 8. The van der Waals surface area contributed by atoms with Gasteiger partial charge in [-0.1, -0.05) is 36.0 Å². The van der Waals surface area contributed by atoms with Crippen molar-refractivity contribution in [1.82, 2.24) is 10.4 Å². The van der Waals surface area contributed by atoms with Gasteiger partial charge in [-0.2, -0.15) is 5.10 Å². The van der Waals surface area contributed by atoms with Crippen LogP contribution in [0.1, 0.15) is 15.9 Å². The van der Waals surface area contributed by atoms with E-state index in [1.54, 1.807) is 12.1 Å². The second kappa shape index (κ2) is 10.7. The molecular weight excluding hydrogens is 476 g/mol. The van der Waals surface area contributed by atoms with Crippen molar-refractivity contribution in [2.24, 2.45) is 5.10 Å². The first-order valence-corrected chi connectivity index (χ1v) is 11.7. The number of aromatic nitrogens is 1. The molecule has 0 saturated heterocycles. The first-order chi connectivity index (χ1) is 16.5. The van der Waals surface area contributed by atoms with Crippen LogP contribution < -0.4 is 10.2 Å². The van der Waals surface area contributed by atoms with Crippen molar-refractivity contribution >= 4 is 57.1 Å². The van der Waals surface area contributed by atoms with Crippen LogP contribution in [0.2, 0.25) is 0 Å². The Kier molecular flexibility index (Phi) is 7.25. The van der Waals surface area contributed by atoms with E-state index >= 15 is 0 Å². The van der Waals surface area contributed by atoms with E-state index in [0.717, 1.165) is 14.6 Å². The molecule has 170 valence electrons. The number of hydrogen-bond acceptors (Lipinski definition) is 9. The van der Waals surface area contributed by atoms with Gasteiger partial charge in [-0.15, -0.1) is 11.3 Å². The van der Waals surface area contributed by atoms with Gasteiger partial charge in [0.1, 0.15) is 11.3 Å². The minimum absolute atomic E-state index is 0.135. The molecule has 0 aliphatic carbocycles. The summed E-state index contributed by atoms with van der Waals surface area (Å²) in [5.41, 5.74) is 3.56. The van der Waals surface area contributed by atoms with Gasteiger partial charge >= 0.3 is 5.97 Å². The number of thiazole rings is 1. The van der Waals surface area contributed by atoms with Crippen LogP contribution in [0, 0.1) is 10.1 Å². The van der Waals surface area contributed by atoms with Crippen molar-refractivity contribution in [3.63, 3.8) is 0 Å². The SMILES string of the molecule is O=C(CSc1nc2ccccc2s1)N/N=C\c1ccc(OC(=O)c2ccccc2[N+](=O)[O-])cc1. The molecule has 0 unspecified atom stereocenters. The molecule has 0 aliphatic rings. The van der Waals surface area contributed by atoms with Gasteiger partial charge in [-0.3, -0.25) is 14.9 Å². The highest BCUT2D eigenvalue weighted by molar-refractivity contribution is 8.01. The average Bonchev–Trinajstić information content (AvgIpc) is 3.27. The number of fused-ring (bicyclic) bond motifs is 1. The Balaban J connectivity index is 1.27. The van der Waals surface area contributed by atoms with E-state index in [1.807, 2.05) is 24.3 Å². The molecule has 1 amide bonds. The van der Waals surface area contributed by atoms with Gasteiger partial charge in [0.25, 0.3) is 11.6 Å². The van der Waals surface area contributed by atoms with Gasteiger partial charge in [-0.25, -0.2) is 15.2 Å². The smallest absolute Gasteiger partial charge is 0.350 e. The molecule has 4 rings (SSSR count). The standard InChI is InChI=1S/C23H16N4O5S2/c28-21(14-33-23-25-18-6-2-4-8-20(18)34-23)26-24-13-15-9-11-16(12-10-15)32-22(29)17-5-1-3-7-19(17)27(30)31/h1-13H,14H2,(H,26,28)/b24-13-. The van der Waals surface area contributed by atoms with Gasteiger partial charge in [0.2, 0.25) is 0 Å². The summed E-state index contributed by atoms with van der Waals surface area (Å²) in [6, 6.07) is 19.7. The number of thioether (sulfide) groups is 1. The summed E-state index contributed by atoms with van der Waals surface area (Å²) in [5, 5.41) is 15.0. The Labute approximate surface area is 201 Å². The monoisotopic (exact) mass is 492 g/mol. The number of benzene rings is 3. The number of carbonyl (C=O) groups is 2. The third kappa shape index (κ3) is 5.82. The van der Waals surface area contributed by atoms with Crippen LogP contribution in [0.3, 0.4) is 0 Å². The second-order valence-electron chi connectivity index (χ2n) is 6.76. The molecular formula is C23H16N4O5S2. The van der Waals surface area contributed by atoms with Crippen LogP contribution in [-0.2, 0) is 4.79 Å². The van der Waals surface area contributed by atoms with E-state index in [9.17, 15) is 19.7 Å². The van der Waals surface area contributed by atoms with E-state index in [-0.39, 0.29) is 28.7 Å². The Bertz CT molecular complexity index is 1350. The third-order valence-corrected chi connectivity index (χ3v) is 6.59. The zero-order valence-electron chi connectivity index (χ0n) is 17.4. The molecule has 0 bridgehead atoms. The fourth-order valence-corrected chi connectivity index (χ4v) is 4.70. The highest BCUT2D eigenvalue weighted by atomic mass is 32.2. The Hall–Kier alpha value is -4.09. The molecule has 11 heteroatoms. The molecule has 3 aromatic carbocycles. The molecule has 0 spiro atoms. The van der Waals surface area contributed by atoms with Crippen molar-refractivity contribution in [2.45, 2.75) is 4.34 Å². The number of nitrogens with zero attached hydrogens (tertiary/aromatic N) is 3. The van der Waals surface area contributed by atoms with Crippen LogP contribution in [0.15, 0.2) is 82.2 Å². The van der Waals surface area contributed by atoms with Gasteiger partial charge < -0.3 is 4.74 Å². The quantitative estimate of drug-likeness (QED) is 0.0947. The number of para-hydroxylation sites is 2. The zero-order valence-corrected chi connectivity index (χ0v) is 19.0. The maximum Gasteiger partial charge on any atom is 0.350 e. The number of hydrazone groups is 1. The number of carbonyl (C=O) groups excluding carboxylic acids is 2. The van der Waals surface area contributed by atoms with Crippen LogP contribution in [0.25, 0.3) is 10.2 Å². The summed E-state index contributed by atoms with van der Waals surface area (Å²) in [5.74, 6) is -0.698. The number of nitro benzene ring substituents is 1. The maximum absolute atomic E-state index is 12.3. The van der Waals surface area contributed by atoms with Gasteiger partial charge in [0.05, 0.1) is 27.1 Å². The second-order valence-corrected chi connectivity index (χ2v) is 9.02. The molecule has 0 aliphatic heterocycles. The number of ether oxygens (including phenoxy) is 1. The molecule has 1 aromatic heterocycles. The fourth-order valence-electron chi connectivity index (χ4n) is 2.84. The maximum atomic E-state index is 12.3. The molecule has 1 N–H and O–H groups in total. The van der Waals surface area contributed by atoms with Crippen molar-refractivity contribution in [3.05, 3.63) is 94.0 Å². The molecule has 34 heavy (non-hydrogen) atoms. The predicted octanol–water partition coefficient (Wildman–Crippen LogP) is 4.67. The first-order valence-electron chi connectivity index (χ1n) is 9.85. The largest absolute Gasteiger partial charge is 0.423 e. The lowest BCUT2D eigenvalue weighted by atomic mass is 10.2. The average molecular weight is 493 g/mol. The minimum atomic E-state index is -0.827. The van der Waals surface area contributed by atoms with Gasteiger partial charge in [-0.05, 0) is 48.0 Å². The Morgan fingerprint density at radius 2 is 1.82 bits per heavy atom. The van der Waals surface area contributed by atoms with Crippen LogP contribution >= 0.6 is 23.1 Å². The van der Waals surface area contributed by atoms with E-state index in [1.165, 1.54) is 65.7 Å². The van der Waals surface area contributed by atoms with Gasteiger partial charge in [0.15, 0.2) is 4.34 Å². The van der Waals surface area contributed by atoms with E-state index < -0.39 is 10.9 Å². The molecule has 0 saturated carbocycles. The van der Waals surface area contributed by atoms with Crippen molar-refractivity contribution in [1.29, 1.82) is 0 Å². The van der Waals surface area contributed by atoms with E-state index in [4.69, 9.17) is 4.74 Å². The topological polar surface area (TPSA) is 124 Å². The molecule has 9 nitrogen and oxygen atoms in total. The Morgan fingerprint density at radius 3 is 2.59 bits per heavy atom. The predicted molar refractivity (Wildman–Crippen MR) is 131 cm³/mol. The summed E-state index contributed by atoms with van der Waals surface area (Å²) in [6.45, 7) is 0. The van der Waals surface area contributed by atoms with Crippen molar-refractivity contribution in [3.8, 4) is 5.75 Å².